The first-order valence-corrected chi connectivity index (χ1v) is 9.17. The number of fused-ring (bicyclic) bond motifs is 1. The van der Waals surface area contributed by atoms with Crippen molar-refractivity contribution in [2.45, 2.75) is 27.3 Å². The fraction of sp³-hybridized carbons (Fsp3) is 0.250. The van der Waals surface area contributed by atoms with E-state index in [1.165, 1.54) is 0 Å². The van der Waals surface area contributed by atoms with Crippen LogP contribution in [0.5, 0.6) is 5.75 Å². The topological polar surface area (TPSA) is 43.3 Å². The number of aromatic nitrogens is 1. The molecule has 0 aliphatic heterocycles. The predicted octanol–water partition coefficient (Wildman–Crippen LogP) is 5.38. The van der Waals surface area contributed by atoms with E-state index >= 15 is 0 Å². The molecule has 1 heterocycles. The average molecular weight is 401 g/mol. The van der Waals surface area contributed by atoms with Gasteiger partial charge in [-0.25, -0.2) is 0 Å². The molecule has 25 heavy (non-hydrogen) atoms. The Bertz CT molecular complexity index is 931. The highest BCUT2D eigenvalue weighted by molar-refractivity contribution is 9.10. The molecule has 0 aliphatic carbocycles. The zero-order valence-corrected chi connectivity index (χ0v) is 16.2. The molecule has 4 nitrogen and oxygen atoms in total. The van der Waals surface area contributed by atoms with Gasteiger partial charge < -0.3 is 14.6 Å². The van der Waals surface area contributed by atoms with Gasteiger partial charge in [-0.3, -0.25) is 4.79 Å². The van der Waals surface area contributed by atoms with Gasteiger partial charge in [0, 0.05) is 27.6 Å². The molecule has 1 amide bonds. The van der Waals surface area contributed by atoms with Crippen LogP contribution in [-0.4, -0.2) is 17.1 Å². The maximum Gasteiger partial charge on any atom is 0.272 e. The van der Waals surface area contributed by atoms with Crippen molar-refractivity contribution < 1.29 is 9.53 Å². The van der Waals surface area contributed by atoms with Gasteiger partial charge in [0.25, 0.3) is 5.91 Å². The lowest BCUT2D eigenvalue weighted by Gasteiger charge is -2.10. The van der Waals surface area contributed by atoms with Crippen molar-refractivity contribution in [3.05, 3.63) is 58.2 Å². The Hall–Kier alpha value is -2.27. The lowest BCUT2D eigenvalue weighted by Crippen LogP contribution is -2.17. The third kappa shape index (κ3) is 3.42. The number of carbonyl (C=O) groups is 1. The molecule has 0 radical (unpaired) electrons. The van der Waals surface area contributed by atoms with Crippen molar-refractivity contribution in [1.29, 1.82) is 0 Å². The van der Waals surface area contributed by atoms with Gasteiger partial charge in [-0.15, -0.1) is 0 Å². The van der Waals surface area contributed by atoms with Crippen LogP contribution in [0.3, 0.4) is 0 Å². The van der Waals surface area contributed by atoms with Crippen LogP contribution in [0.2, 0.25) is 0 Å². The van der Waals surface area contributed by atoms with Gasteiger partial charge in [0.15, 0.2) is 0 Å². The minimum Gasteiger partial charge on any atom is -0.494 e. The SMILES string of the molecule is CCOc1ccc2c(c1)c(C)c(C(=O)Nc1cccc(Br)c1)n2CC. The van der Waals surface area contributed by atoms with E-state index in [-0.39, 0.29) is 5.91 Å². The van der Waals surface area contributed by atoms with E-state index in [2.05, 4.69) is 21.2 Å². The van der Waals surface area contributed by atoms with Crippen molar-refractivity contribution in [2.24, 2.45) is 0 Å². The number of rotatable bonds is 5. The average Bonchev–Trinajstić information content (AvgIpc) is 2.87. The first kappa shape index (κ1) is 17.5. The van der Waals surface area contributed by atoms with E-state index in [1.807, 2.05) is 67.8 Å². The molecule has 3 rings (SSSR count). The van der Waals surface area contributed by atoms with Crippen molar-refractivity contribution in [2.75, 3.05) is 11.9 Å². The summed E-state index contributed by atoms with van der Waals surface area (Å²) in [4.78, 5) is 12.9. The molecule has 0 spiro atoms. The molecule has 0 saturated carbocycles. The fourth-order valence-electron chi connectivity index (χ4n) is 3.14. The number of carbonyl (C=O) groups excluding carboxylic acids is 1. The number of amides is 1. The number of nitrogens with zero attached hydrogens (tertiary/aromatic N) is 1. The molecule has 0 aliphatic rings. The van der Waals surface area contributed by atoms with Crippen molar-refractivity contribution in [3.8, 4) is 5.75 Å². The second kappa shape index (κ2) is 7.31. The molecule has 3 aromatic rings. The lowest BCUT2D eigenvalue weighted by molar-refractivity contribution is 0.101. The Morgan fingerprint density at radius 2 is 2.00 bits per heavy atom. The molecule has 0 fully saturated rings. The summed E-state index contributed by atoms with van der Waals surface area (Å²) in [7, 11) is 0. The van der Waals surface area contributed by atoms with E-state index in [1.54, 1.807) is 0 Å². The van der Waals surface area contributed by atoms with Crippen molar-refractivity contribution in [1.82, 2.24) is 4.57 Å². The van der Waals surface area contributed by atoms with Crippen LogP contribution in [0.1, 0.15) is 29.9 Å². The van der Waals surface area contributed by atoms with Crippen LogP contribution in [0.25, 0.3) is 10.9 Å². The molecular formula is C20H21BrN2O2. The zero-order valence-electron chi connectivity index (χ0n) is 14.6. The van der Waals surface area contributed by atoms with E-state index in [9.17, 15) is 4.79 Å². The van der Waals surface area contributed by atoms with Gasteiger partial charge in [-0.2, -0.15) is 0 Å². The summed E-state index contributed by atoms with van der Waals surface area (Å²) in [6, 6.07) is 13.6. The van der Waals surface area contributed by atoms with Gasteiger partial charge in [0.2, 0.25) is 0 Å². The number of aryl methyl sites for hydroxylation is 2. The summed E-state index contributed by atoms with van der Waals surface area (Å²) >= 11 is 3.43. The zero-order chi connectivity index (χ0) is 18.0. The maximum absolute atomic E-state index is 12.9. The summed E-state index contributed by atoms with van der Waals surface area (Å²) in [5.41, 5.74) is 3.46. The molecule has 0 unspecified atom stereocenters. The largest absolute Gasteiger partial charge is 0.494 e. The van der Waals surface area contributed by atoms with Crippen molar-refractivity contribution >= 4 is 38.4 Å². The molecule has 2 aromatic carbocycles. The highest BCUT2D eigenvalue weighted by Crippen LogP contribution is 2.30. The van der Waals surface area contributed by atoms with Crippen LogP contribution >= 0.6 is 15.9 Å². The Labute approximate surface area is 155 Å². The summed E-state index contributed by atoms with van der Waals surface area (Å²) < 4.78 is 8.59. The molecule has 1 N–H and O–H groups in total. The number of hydrogen-bond donors (Lipinski definition) is 1. The molecule has 1 aromatic heterocycles. The van der Waals surface area contributed by atoms with Crippen LogP contribution in [0.4, 0.5) is 5.69 Å². The van der Waals surface area contributed by atoms with Gasteiger partial charge in [0.05, 0.1) is 6.61 Å². The maximum atomic E-state index is 12.9. The first-order chi connectivity index (χ1) is 12.0. The molecule has 0 bridgehead atoms. The monoisotopic (exact) mass is 400 g/mol. The molecule has 0 saturated heterocycles. The minimum atomic E-state index is -0.105. The second-order valence-corrected chi connectivity index (χ2v) is 6.71. The number of ether oxygens (including phenoxy) is 1. The normalized spacial score (nSPS) is 10.9. The summed E-state index contributed by atoms with van der Waals surface area (Å²) in [5, 5.41) is 4.04. The fourth-order valence-corrected chi connectivity index (χ4v) is 3.53. The molecule has 5 heteroatoms. The van der Waals surface area contributed by atoms with Crippen molar-refractivity contribution in [3.63, 3.8) is 0 Å². The second-order valence-electron chi connectivity index (χ2n) is 5.79. The summed E-state index contributed by atoms with van der Waals surface area (Å²) in [6.07, 6.45) is 0. The number of hydrogen-bond acceptors (Lipinski definition) is 2. The Balaban J connectivity index is 2.05. The highest BCUT2D eigenvalue weighted by Gasteiger charge is 2.20. The van der Waals surface area contributed by atoms with Gasteiger partial charge in [0.1, 0.15) is 11.4 Å². The number of halogens is 1. The smallest absolute Gasteiger partial charge is 0.272 e. The number of nitrogens with one attached hydrogen (secondary N) is 1. The van der Waals surface area contributed by atoms with Crippen LogP contribution in [-0.2, 0) is 6.54 Å². The van der Waals surface area contributed by atoms with Gasteiger partial charge >= 0.3 is 0 Å². The van der Waals surface area contributed by atoms with E-state index in [0.717, 1.165) is 38.9 Å². The lowest BCUT2D eigenvalue weighted by atomic mass is 10.1. The molecule has 0 atom stereocenters. The first-order valence-electron chi connectivity index (χ1n) is 8.37. The van der Waals surface area contributed by atoms with Crippen LogP contribution in [0.15, 0.2) is 46.9 Å². The van der Waals surface area contributed by atoms with Crippen LogP contribution < -0.4 is 10.1 Å². The predicted molar refractivity (Wildman–Crippen MR) is 106 cm³/mol. The quantitative estimate of drug-likeness (QED) is 0.624. The third-order valence-electron chi connectivity index (χ3n) is 4.21. The Morgan fingerprint density at radius 1 is 1.20 bits per heavy atom. The standard InChI is InChI=1S/C20H21BrN2O2/c1-4-23-18-10-9-16(25-5-2)12-17(18)13(3)19(23)20(24)22-15-8-6-7-14(21)11-15/h6-12H,4-5H2,1-3H3,(H,22,24). The van der Waals surface area contributed by atoms with E-state index in [4.69, 9.17) is 4.74 Å². The third-order valence-corrected chi connectivity index (χ3v) is 4.71. The number of anilines is 1. The number of benzene rings is 2. The Kier molecular flexibility index (Phi) is 5.13. The summed E-state index contributed by atoms with van der Waals surface area (Å²) in [6.45, 7) is 7.34. The van der Waals surface area contributed by atoms with Gasteiger partial charge in [-0.1, -0.05) is 22.0 Å². The van der Waals surface area contributed by atoms with Gasteiger partial charge in [-0.05, 0) is 62.7 Å². The molecule has 130 valence electrons. The Morgan fingerprint density at radius 3 is 2.68 bits per heavy atom. The minimum absolute atomic E-state index is 0.105. The van der Waals surface area contributed by atoms with E-state index in [0.29, 0.717) is 12.3 Å². The van der Waals surface area contributed by atoms with Crippen LogP contribution in [0, 0.1) is 6.92 Å². The van der Waals surface area contributed by atoms with E-state index < -0.39 is 0 Å². The summed E-state index contributed by atoms with van der Waals surface area (Å²) in [5.74, 6) is 0.719. The highest BCUT2D eigenvalue weighted by atomic mass is 79.9. The molecular weight excluding hydrogens is 380 g/mol.